The van der Waals surface area contributed by atoms with Gasteiger partial charge in [0, 0.05) is 45.0 Å². The third-order valence-electron chi connectivity index (χ3n) is 4.56. The second-order valence-electron chi connectivity index (χ2n) is 6.56. The number of benzene rings is 1. The normalized spacial score (nSPS) is 14.8. The van der Waals surface area contributed by atoms with Crippen LogP contribution in [0.3, 0.4) is 0 Å². The van der Waals surface area contributed by atoms with Gasteiger partial charge in [0.2, 0.25) is 0 Å². The molecule has 1 aliphatic heterocycles. The molecular weight excluding hydrogens is 510 g/mol. The molecule has 1 saturated heterocycles. The lowest BCUT2D eigenvalue weighted by atomic mass is 10.1. The Balaban J connectivity index is 0.00000320. The fourth-order valence-electron chi connectivity index (χ4n) is 3.07. The third-order valence-corrected chi connectivity index (χ3v) is 4.56. The van der Waals surface area contributed by atoms with Crippen molar-refractivity contribution in [1.82, 2.24) is 15.6 Å². The number of halogens is 4. The maximum absolute atomic E-state index is 12.9. The molecule has 30 heavy (non-hydrogen) atoms. The minimum Gasteiger partial charge on any atom is -0.378 e. The summed E-state index contributed by atoms with van der Waals surface area (Å²) in [6.07, 6.45) is -2.60. The zero-order valence-electron chi connectivity index (χ0n) is 16.6. The quantitative estimate of drug-likeness (QED) is 0.349. The van der Waals surface area contributed by atoms with Crippen LogP contribution in [0.2, 0.25) is 0 Å². The van der Waals surface area contributed by atoms with Crippen LogP contribution in [-0.2, 0) is 24.0 Å². The number of morpholine rings is 1. The molecule has 2 heterocycles. The Labute approximate surface area is 190 Å². The molecule has 0 unspecified atom stereocenters. The molecule has 1 aliphatic rings. The molecule has 2 aromatic rings. The van der Waals surface area contributed by atoms with E-state index in [1.165, 1.54) is 6.07 Å². The summed E-state index contributed by atoms with van der Waals surface area (Å²) in [7, 11) is 1.62. The Morgan fingerprint density at radius 3 is 2.57 bits per heavy atom. The first-order valence-electron chi connectivity index (χ1n) is 9.34. The highest BCUT2D eigenvalue weighted by atomic mass is 127. The highest BCUT2D eigenvalue weighted by molar-refractivity contribution is 14.0. The molecule has 0 saturated carbocycles. The number of nitrogens with zero attached hydrogens (tertiary/aromatic N) is 3. The molecule has 0 bridgehead atoms. The van der Waals surface area contributed by atoms with Crippen molar-refractivity contribution in [3.63, 3.8) is 0 Å². The van der Waals surface area contributed by atoms with Crippen LogP contribution in [0.4, 0.5) is 19.0 Å². The Hall–Kier alpha value is -2.08. The molecule has 0 atom stereocenters. The van der Waals surface area contributed by atoms with Crippen molar-refractivity contribution >= 4 is 35.8 Å². The Morgan fingerprint density at radius 1 is 1.13 bits per heavy atom. The molecule has 1 fully saturated rings. The van der Waals surface area contributed by atoms with E-state index in [0.29, 0.717) is 31.3 Å². The van der Waals surface area contributed by atoms with Crippen molar-refractivity contribution < 1.29 is 17.9 Å². The van der Waals surface area contributed by atoms with Crippen LogP contribution < -0.4 is 15.5 Å². The Bertz CT molecular complexity index is 841. The van der Waals surface area contributed by atoms with Gasteiger partial charge in [0.15, 0.2) is 5.96 Å². The van der Waals surface area contributed by atoms with Crippen LogP contribution in [0.1, 0.15) is 16.7 Å². The van der Waals surface area contributed by atoms with Gasteiger partial charge in [-0.3, -0.25) is 4.99 Å². The van der Waals surface area contributed by atoms with Crippen LogP contribution in [0.15, 0.2) is 47.6 Å². The largest absolute Gasteiger partial charge is 0.416 e. The van der Waals surface area contributed by atoms with Gasteiger partial charge >= 0.3 is 6.18 Å². The summed E-state index contributed by atoms with van der Waals surface area (Å²) in [6.45, 7) is 3.63. The monoisotopic (exact) mass is 535 g/mol. The number of rotatable bonds is 5. The van der Waals surface area contributed by atoms with E-state index in [0.717, 1.165) is 36.6 Å². The average molecular weight is 535 g/mol. The molecule has 0 radical (unpaired) electrons. The van der Waals surface area contributed by atoms with Crippen LogP contribution in [-0.4, -0.2) is 44.3 Å². The van der Waals surface area contributed by atoms with E-state index in [4.69, 9.17) is 4.74 Å². The zero-order valence-corrected chi connectivity index (χ0v) is 18.9. The van der Waals surface area contributed by atoms with Crippen molar-refractivity contribution in [2.75, 3.05) is 38.3 Å². The number of aliphatic imine (C=N–C) groups is 1. The Morgan fingerprint density at radius 2 is 1.87 bits per heavy atom. The van der Waals surface area contributed by atoms with E-state index >= 15 is 0 Å². The smallest absolute Gasteiger partial charge is 0.378 e. The lowest BCUT2D eigenvalue weighted by Gasteiger charge is -2.29. The minimum absolute atomic E-state index is 0. The summed E-state index contributed by atoms with van der Waals surface area (Å²) >= 11 is 0. The molecule has 2 N–H and O–H groups in total. The van der Waals surface area contributed by atoms with Gasteiger partial charge in [-0.25, -0.2) is 4.98 Å². The van der Waals surface area contributed by atoms with Gasteiger partial charge < -0.3 is 20.3 Å². The SMILES string of the molecule is CN=C(NCc1cccc(C(F)(F)F)c1)NCc1cccnc1N1CCOCC1.I. The van der Waals surface area contributed by atoms with E-state index < -0.39 is 11.7 Å². The van der Waals surface area contributed by atoms with E-state index in [-0.39, 0.29) is 30.5 Å². The fraction of sp³-hybridized carbons (Fsp3) is 0.400. The number of anilines is 1. The van der Waals surface area contributed by atoms with Crippen molar-refractivity contribution in [2.45, 2.75) is 19.3 Å². The van der Waals surface area contributed by atoms with E-state index in [1.807, 2.05) is 12.1 Å². The molecule has 3 rings (SSSR count). The van der Waals surface area contributed by atoms with E-state index in [9.17, 15) is 13.2 Å². The van der Waals surface area contributed by atoms with Gasteiger partial charge in [-0.1, -0.05) is 18.2 Å². The maximum atomic E-state index is 12.9. The number of nitrogens with one attached hydrogen (secondary N) is 2. The minimum atomic E-state index is -4.36. The van der Waals surface area contributed by atoms with Gasteiger partial charge in [0.1, 0.15) is 5.82 Å². The number of pyridine rings is 1. The summed E-state index contributed by atoms with van der Waals surface area (Å²) in [5, 5.41) is 6.25. The molecular formula is C20H25F3IN5O. The summed E-state index contributed by atoms with van der Waals surface area (Å²) in [5.74, 6) is 1.40. The lowest BCUT2D eigenvalue weighted by Crippen LogP contribution is -2.39. The van der Waals surface area contributed by atoms with Gasteiger partial charge in [-0.2, -0.15) is 13.2 Å². The number of alkyl halides is 3. The molecule has 1 aromatic carbocycles. The first-order chi connectivity index (χ1) is 14.0. The highest BCUT2D eigenvalue weighted by Gasteiger charge is 2.30. The molecule has 0 aliphatic carbocycles. The standard InChI is InChI=1S/C20H24F3N5O.HI/c1-24-19(26-13-15-4-2-6-17(12-15)20(21,22)23)27-14-16-5-3-7-25-18(16)28-8-10-29-11-9-28;/h2-7,12H,8-11,13-14H2,1H3,(H2,24,26,27);1H. The second-order valence-corrected chi connectivity index (χ2v) is 6.56. The van der Waals surface area contributed by atoms with Crippen molar-refractivity contribution in [3.8, 4) is 0 Å². The average Bonchev–Trinajstić information content (AvgIpc) is 2.74. The molecule has 164 valence electrons. The summed E-state index contributed by atoms with van der Waals surface area (Å²) in [6, 6.07) is 9.11. The molecule has 0 amide bonds. The zero-order chi connectivity index (χ0) is 20.7. The summed E-state index contributed by atoms with van der Waals surface area (Å²) in [4.78, 5) is 10.8. The number of hydrogen-bond donors (Lipinski definition) is 2. The van der Waals surface area contributed by atoms with E-state index in [1.54, 1.807) is 19.3 Å². The topological polar surface area (TPSA) is 61.8 Å². The first-order valence-corrected chi connectivity index (χ1v) is 9.34. The predicted molar refractivity (Wildman–Crippen MR) is 121 cm³/mol. The molecule has 10 heteroatoms. The predicted octanol–water partition coefficient (Wildman–Crippen LogP) is 3.42. The molecule has 6 nitrogen and oxygen atoms in total. The number of guanidine groups is 1. The van der Waals surface area contributed by atoms with Gasteiger partial charge in [0.25, 0.3) is 0 Å². The highest BCUT2D eigenvalue weighted by Crippen LogP contribution is 2.29. The summed E-state index contributed by atoms with van der Waals surface area (Å²) in [5.41, 5.74) is 0.875. The van der Waals surface area contributed by atoms with Crippen LogP contribution in [0.25, 0.3) is 0 Å². The second kappa shape index (κ2) is 11.3. The van der Waals surface area contributed by atoms with Crippen molar-refractivity contribution in [1.29, 1.82) is 0 Å². The summed E-state index contributed by atoms with van der Waals surface area (Å²) < 4.78 is 44.0. The van der Waals surface area contributed by atoms with E-state index in [2.05, 4.69) is 25.5 Å². The number of hydrogen-bond acceptors (Lipinski definition) is 4. The Kier molecular flexibility index (Phi) is 9.15. The van der Waals surface area contributed by atoms with Crippen molar-refractivity contribution in [2.24, 2.45) is 4.99 Å². The van der Waals surface area contributed by atoms with Crippen LogP contribution in [0, 0.1) is 0 Å². The molecule has 1 aromatic heterocycles. The van der Waals surface area contributed by atoms with Gasteiger partial charge in [0.05, 0.1) is 18.8 Å². The van der Waals surface area contributed by atoms with Crippen LogP contribution >= 0.6 is 24.0 Å². The fourth-order valence-corrected chi connectivity index (χ4v) is 3.07. The van der Waals surface area contributed by atoms with Gasteiger partial charge in [-0.15, -0.1) is 24.0 Å². The van der Waals surface area contributed by atoms with Gasteiger partial charge in [-0.05, 0) is 23.8 Å². The molecule has 0 spiro atoms. The lowest BCUT2D eigenvalue weighted by molar-refractivity contribution is -0.137. The van der Waals surface area contributed by atoms with Crippen LogP contribution in [0.5, 0.6) is 0 Å². The number of aromatic nitrogens is 1. The third kappa shape index (κ3) is 6.73. The maximum Gasteiger partial charge on any atom is 0.416 e. The van der Waals surface area contributed by atoms with Crippen molar-refractivity contribution in [3.05, 3.63) is 59.3 Å². The number of ether oxygens (including phenoxy) is 1. The first kappa shape index (κ1) is 24.2.